The minimum atomic E-state index is -4.74. The third-order valence-electron chi connectivity index (χ3n) is 8.50. The maximum Gasteiger partial charge on any atom is 0.419 e. The number of carboxylic acids is 1. The zero-order chi connectivity index (χ0) is 34.6. The number of amides is 1. The van der Waals surface area contributed by atoms with Gasteiger partial charge in [0.1, 0.15) is 23.3 Å². The smallest absolute Gasteiger partial charge is 0.419 e. The molecule has 5 rings (SSSR count). The van der Waals surface area contributed by atoms with E-state index in [0.717, 1.165) is 19.2 Å². The molecule has 0 radical (unpaired) electrons. The number of anilines is 2. The molecule has 3 aromatic rings. The summed E-state index contributed by atoms with van der Waals surface area (Å²) in [5, 5.41) is 11.6. The highest BCUT2D eigenvalue weighted by Crippen LogP contribution is 2.41. The molecule has 0 bridgehead atoms. The van der Waals surface area contributed by atoms with Gasteiger partial charge in [-0.15, -0.1) is 37.2 Å². The van der Waals surface area contributed by atoms with E-state index in [1.54, 1.807) is 0 Å². The highest BCUT2D eigenvalue weighted by Gasteiger charge is 2.46. The quantitative estimate of drug-likeness (QED) is 0.214. The standard InChI is InChI=1S/C32H34F6N6O4.3ClH/c1-48-26-7-4-20(16-24(26)31(33,34)35)23-6-5-22(15-21(23)19-44-9-2-3-27(44)32(36,37)38)41-30(47)25-17-40-28(18-39-25)43-13-11-42(12-14-43)10-8-29(45)46;;;/h4-7,15-18,27H,2-3,8-14,19H2,1H3,(H,41,47)(H,45,46);3*1H/t27-;;;/m0.../s1. The molecule has 2 aliphatic rings. The lowest BCUT2D eigenvalue weighted by molar-refractivity contribution is -0.177. The van der Waals surface area contributed by atoms with Crippen LogP contribution in [0.2, 0.25) is 0 Å². The first-order valence-corrected chi connectivity index (χ1v) is 15.2. The summed E-state index contributed by atoms with van der Waals surface area (Å²) in [7, 11) is 1.11. The summed E-state index contributed by atoms with van der Waals surface area (Å²) in [5.74, 6) is -1.34. The zero-order valence-corrected chi connectivity index (χ0v) is 29.6. The van der Waals surface area contributed by atoms with E-state index >= 15 is 0 Å². The fraction of sp³-hybridized carbons (Fsp3) is 0.438. The van der Waals surface area contributed by atoms with Crippen molar-refractivity contribution in [2.75, 3.05) is 56.6 Å². The molecule has 51 heavy (non-hydrogen) atoms. The number of carbonyl (C=O) groups excluding carboxylic acids is 1. The van der Waals surface area contributed by atoms with Crippen molar-refractivity contribution in [3.63, 3.8) is 0 Å². The fourth-order valence-electron chi connectivity index (χ4n) is 6.04. The summed E-state index contributed by atoms with van der Waals surface area (Å²) >= 11 is 0. The molecular formula is C32H37Cl3F6N6O4. The second-order valence-electron chi connectivity index (χ2n) is 11.6. The van der Waals surface area contributed by atoms with Gasteiger partial charge < -0.3 is 20.1 Å². The molecular weight excluding hydrogens is 753 g/mol. The number of halogens is 9. The number of benzene rings is 2. The van der Waals surface area contributed by atoms with Gasteiger partial charge in [0.05, 0.1) is 31.5 Å². The van der Waals surface area contributed by atoms with Crippen LogP contribution in [0.3, 0.4) is 0 Å². The lowest BCUT2D eigenvalue weighted by Crippen LogP contribution is -2.47. The molecule has 1 amide bonds. The molecule has 10 nitrogen and oxygen atoms in total. The molecule has 0 aliphatic carbocycles. The summed E-state index contributed by atoms with van der Waals surface area (Å²) in [6, 6.07) is 6.15. The van der Waals surface area contributed by atoms with Gasteiger partial charge in [0.2, 0.25) is 0 Å². The van der Waals surface area contributed by atoms with Crippen molar-refractivity contribution in [1.82, 2.24) is 19.8 Å². The average molecular weight is 790 g/mol. The summed E-state index contributed by atoms with van der Waals surface area (Å²) in [5.41, 5.74) is -0.127. The predicted octanol–water partition coefficient (Wildman–Crippen LogP) is 6.81. The maximum absolute atomic E-state index is 13.8. The summed E-state index contributed by atoms with van der Waals surface area (Å²) < 4.78 is 87.7. The van der Waals surface area contributed by atoms with Crippen molar-refractivity contribution >= 4 is 60.6 Å². The first-order valence-electron chi connectivity index (χ1n) is 15.2. The molecule has 2 N–H and O–H groups in total. The molecule has 0 spiro atoms. The van der Waals surface area contributed by atoms with Gasteiger partial charge in [-0.05, 0) is 60.3 Å². The third kappa shape index (κ3) is 11.0. The predicted molar refractivity (Wildman–Crippen MR) is 186 cm³/mol. The molecule has 1 atom stereocenters. The van der Waals surface area contributed by atoms with Crippen molar-refractivity contribution in [3.8, 4) is 16.9 Å². The number of carbonyl (C=O) groups is 2. The molecule has 2 aliphatic heterocycles. The Bertz CT molecular complexity index is 1630. The van der Waals surface area contributed by atoms with Crippen LogP contribution in [0.4, 0.5) is 37.8 Å². The number of aliphatic carboxylic acids is 1. The Kier molecular flexibility index (Phi) is 15.6. The number of aromatic nitrogens is 2. The van der Waals surface area contributed by atoms with E-state index in [0.29, 0.717) is 50.5 Å². The Morgan fingerprint density at radius 3 is 2.24 bits per heavy atom. The molecule has 2 saturated heterocycles. The molecule has 19 heteroatoms. The van der Waals surface area contributed by atoms with Crippen LogP contribution in [0.25, 0.3) is 11.1 Å². The number of methoxy groups -OCH3 is 1. The maximum atomic E-state index is 13.8. The van der Waals surface area contributed by atoms with Crippen LogP contribution in [-0.2, 0) is 17.5 Å². The minimum absolute atomic E-state index is 0. The topological polar surface area (TPSA) is 111 Å². The highest BCUT2D eigenvalue weighted by molar-refractivity contribution is 6.03. The van der Waals surface area contributed by atoms with E-state index in [1.807, 2.05) is 9.80 Å². The lowest BCUT2D eigenvalue weighted by atomic mass is 9.96. The zero-order valence-electron chi connectivity index (χ0n) is 27.2. The van der Waals surface area contributed by atoms with E-state index in [-0.39, 0.29) is 85.7 Å². The van der Waals surface area contributed by atoms with Gasteiger partial charge in [-0.2, -0.15) is 26.3 Å². The van der Waals surface area contributed by atoms with Crippen LogP contribution < -0.4 is 15.0 Å². The third-order valence-corrected chi connectivity index (χ3v) is 8.50. The van der Waals surface area contributed by atoms with Gasteiger partial charge in [0.25, 0.3) is 5.91 Å². The Morgan fingerprint density at radius 2 is 1.65 bits per heavy atom. The monoisotopic (exact) mass is 788 g/mol. The molecule has 2 fully saturated rings. The Morgan fingerprint density at radius 1 is 0.941 bits per heavy atom. The van der Waals surface area contributed by atoms with E-state index < -0.39 is 41.6 Å². The van der Waals surface area contributed by atoms with Crippen molar-refractivity contribution in [3.05, 3.63) is 65.6 Å². The van der Waals surface area contributed by atoms with Crippen molar-refractivity contribution in [1.29, 1.82) is 0 Å². The second-order valence-corrected chi connectivity index (χ2v) is 11.6. The van der Waals surface area contributed by atoms with Crippen LogP contribution in [0.5, 0.6) is 5.75 Å². The molecule has 2 aromatic carbocycles. The SMILES string of the molecule is COc1ccc(-c2ccc(NC(=O)c3cnc(N4CCN(CCC(=O)O)CC4)cn3)cc2CN2CCC[C@H]2C(F)(F)F)cc1C(F)(F)F.Cl.Cl.Cl. The number of rotatable bonds is 10. The molecule has 1 aromatic heterocycles. The van der Waals surface area contributed by atoms with Gasteiger partial charge in [0, 0.05) is 45.0 Å². The van der Waals surface area contributed by atoms with Gasteiger partial charge in [-0.1, -0.05) is 12.1 Å². The number of piperazine rings is 1. The van der Waals surface area contributed by atoms with Gasteiger partial charge in [0.15, 0.2) is 0 Å². The van der Waals surface area contributed by atoms with Crippen LogP contribution in [0, 0.1) is 0 Å². The first kappa shape index (κ1) is 43.6. The molecule has 0 unspecified atom stereocenters. The number of nitrogens with zero attached hydrogens (tertiary/aromatic N) is 5. The van der Waals surface area contributed by atoms with E-state index in [9.17, 15) is 35.9 Å². The Hall–Kier alpha value is -3.57. The van der Waals surface area contributed by atoms with Crippen molar-refractivity contribution < 1.29 is 45.8 Å². The molecule has 282 valence electrons. The van der Waals surface area contributed by atoms with Gasteiger partial charge >= 0.3 is 18.3 Å². The van der Waals surface area contributed by atoms with Crippen LogP contribution in [0.1, 0.15) is 40.9 Å². The lowest BCUT2D eigenvalue weighted by Gasteiger charge is -2.34. The number of carboxylic acid groups (broad SMARTS) is 1. The van der Waals surface area contributed by atoms with Crippen LogP contribution >= 0.6 is 37.2 Å². The van der Waals surface area contributed by atoms with E-state index in [4.69, 9.17) is 9.84 Å². The normalized spacial score (nSPS) is 16.8. The van der Waals surface area contributed by atoms with Gasteiger partial charge in [-0.3, -0.25) is 19.4 Å². The summed E-state index contributed by atoms with van der Waals surface area (Å²) in [6.07, 6.45) is -6.20. The van der Waals surface area contributed by atoms with Gasteiger partial charge in [-0.25, -0.2) is 9.97 Å². The van der Waals surface area contributed by atoms with Crippen LogP contribution in [-0.4, -0.2) is 95.3 Å². The van der Waals surface area contributed by atoms with E-state index in [2.05, 4.69) is 15.3 Å². The summed E-state index contributed by atoms with van der Waals surface area (Å²) in [6.45, 7) is 2.87. The number of hydrogen-bond acceptors (Lipinski definition) is 8. The van der Waals surface area contributed by atoms with Crippen molar-refractivity contribution in [2.45, 2.75) is 44.2 Å². The average Bonchev–Trinajstić information content (AvgIpc) is 3.53. The van der Waals surface area contributed by atoms with Crippen LogP contribution in [0.15, 0.2) is 48.8 Å². The number of likely N-dealkylation sites (tertiary alicyclic amines) is 1. The molecule has 0 saturated carbocycles. The minimum Gasteiger partial charge on any atom is -0.496 e. The first-order chi connectivity index (χ1) is 22.7. The molecule has 3 heterocycles. The Balaban J connectivity index is 0.00000300. The fourth-order valence-corrected chi connectivity index (χ4v) is 6.04. The van der Waals surface area contributed by atoms with Crippen molar-refractivity contribution in [2.24, 2.45) is 0 Å². The summed E-state index contributed by atoms with van der Waals surface area (Å²) in [4.78, 5) is 37.8. The highest BCUT2D eigenvalue weighted by atomic mass is 35.5. The Labute approximate surface area is 308 Å². The van der Waals surface area contributed by atoms with E-state index in [1.165, 1.54) is 41.6 Å². The number of alkyl halides is 6. The second kappa shape index (κ2) is 18.3. The number of hydrogen-bond donors (Lipinski definition) is 2. The largest absolute Gasteiger partial charge is 0.496 e. The number of nitrogens with one attached hydrogen (secondary N) is 1. The number of ether oxygens (including phenoxy) is 1.